The van der Waals surface area contributed by atoms with Crippen molar-refractivity contribution in [3.05, 3.63) is 66.5 Å². The number of hydrogen-bond donors (Lipinski definition) is 2. The van der Waals surface area contributed by atoms with Gasteiger partial charge in [-0.1, -0.05) is 18.2 Å². The number of nitrogens with one attached hydrogen (secondary N) is 2. The Kier molecular flexibility index (Phi) is 5.81. The van der Waals surface area contributed by atoms with Crippen molar-refractivity contribution < 1.29 is 4.79 Å². The molecule has 0 radical (unpaired) electrons. The van der Waals surface area contributed by atoms with Crippen LogP contribution in [-0.4, -0.2) is 45.1 Å². The number of likely N-dealkylation sites (tertiary alicyclic amines) is 1. The number of nitrogens with zero attached hydrogens (tertiary/aromatic N) is 4. The molecule has 1 aliphatic carbocycles. The molecule has 1 unspecified atom stereocenters. The Morgan fingerprint density at radius 2 is 1.78 bits per heavy atom. The molecule has 1 amide bonds. The molecule has 3 atom stereocenters. The molecular weight excluding hydrogens is 400 g/mol. The molecule has 164 valence electrons. The summed E-state index contributed by atoms with van der Waals surface area (Å²) in [5.41, 5.74) is 3.72. The molecule has 2 aromatic heterocycles. The normalized spacial score (nSPS) is 22.5. The highest BCUT2D eigenvalue weighted by atomic mass is 16.1. The first-order chi connectivity index (χ1) is 15.6. The predicted molar refractivity (Wildman–Crippen MR) is 125 cm³/mol. The number of carbonyl (C=O) groups excluding carboxylic acids is 1. The summed E-state index contributed by atoms with van der Waals surface area (Å²) in [7, 11) is 0. The van der Waals surface area contributed by atoms with E-state index in [0.717, 1.165) is 59.9 Å². The maximum Gasteiger partial charge on any atom is 0.221 e. The molecule has 0 spiro atoms. The van der Waals surface area contributed by atoms with Crippen molar-refractivity contribution in [2.45, 2.75) is 32.4 Å². The fraction of sp³-hybridized carbons (Fsp3) is 0.360. The van der Waals surface area contributed by atoms with Crippen molar-refractivity contribution in [1.29, 1.82) is 0 Å². The maximum atomic E-state index is 11.2. The molecule has 2 aliphatic rings. The average Bonchev–Trinajstić information content (AvgIpc) is 3.33. The molecule has 1 aliphatic heterocycles. The number of pyridine rings is 1. The smallest absolute Gasteiger partial charge is 0.221 e. The Labute approximate surface area is 188 Å². The summed E-state index contributed by atoms with van der Waals surface area (Å²) in [6.45, 7) is 4.75. The van der Waals surface area contributed by atoms with Crippen molar-refractivity contribution in [3.63, 3.8) is 0 Å². The summed E-state index contributed by atoms with van der Waals surface area (Å²) in [4.78, 5) is 18.2. The molecular formula is C25H28N6O. The molecule has 5 rings (SSSR count). The van der Waals surface area contributed by atoms with E-state index in [9.17, 15) is 4.79 Å². The number of carbonyl (C=O) groups is 1. The lowest BCUT2D eigenvalue weighted by Crippen LogP contribution is -2.25. The van der Waals surface area contributed by atoms with E-state index >= 15 is 0 Å². The first-order valence-corrected chi connectivity index (χ1v) is 11.2. The molecule has 1 saturated heterocycles. The average molecular weight is 429 g/mol. The number of amides is 1. The van der Waals surface area contributed by atoms with Crippen LogP contribution in [0.15, 0.2) is 60.8 Å². The van der Waals surface area contributed by atoms with Gasteiger partial charge < -0.3 is 10.6 Å². The van der Waals surface area contributed by atoms with E-state index in [1.165, 1.54) is 19.8 Å². The predicted octanol–water partition coefficient (Wildman–Crippen LogP) is 3.82. The molecule has 2 N–H and O–H groups in total. The summed E-state index contributed by atoms with van der Waals surface area (Å²) in [5.74, 6) is 2.24. The van der Waals surface area contributed by atoms with Crippen molar-refractivity contribution >= 4 is 17.4 Å². The van der Waals surface area contributed by atoms with Crippen LogP contribution in [0.25, 0.3) is 11.3 Å². The van der Waals surface area contributed by atoms with Crippen LogP contribution in [0.3, 0.4) is 0 Å². The van der Waals surface area contributed by atoms with Crippen LogP contribution in [0.4, 0.5) is 11.5 Å². The van der Waals surface area contributed by atoms with Gasteiger partial charge in [-0.2, -0.15) is 0 Å². The number of hydrogen-bond acceptors (Lipinski definition) is 6. The van der Waals surface area contributed by atoms with Crippen LogP contribution < -0.4 is 10.6 Å². The highest BCUT2D eigenvalue weighted by molar-refractivity contribution is 5.88. The van der Waals surface area contributed by atoms with Crippen molar-refractivity contribution in [2.24, 2.45) is 11.8 Å². The molecule has 7 nitrogen and oxygen atoms in total. The zero-order valence-electron chi connectivity index (χ0n) is 18.2. The molecule has 32 heavy (non-hydrogen) atoms. The van der Waals surface area contributed by atoms with Gasteiger partial charge in [0.1, 0.15) is 5.82 Å². The summed E-state index contributed by atoms with van der Waals surface area (Å²) in [6.07, 6.45) is 4.23. The molecule has 7 heteroatoms. The number of rotatable bonds is 6. The van der Waals surface area contributed by atoms with Gasteiger partial charge in [0.2, 0.25) is 5.91 Å². The van der Waals surface area contributed by atoms with Gasteiger partial charge in [-0.15, -0.1) is 10.2 Å². The number of aromatic nitrogens is 3. The zero-order valence-corrected chi connectivity index (χ0v) is 18.2. The van der Waals surface area contributed by atoms with Crippen molar-refractivity contribution in [1.82, 2.24) is 20.1 Å². The number of anilines is 2. The van der Waals surface area contributed by atoms with Crippen molar-refractivity contribution in [2.75, 3.05) is 23.7 Å². The van der Waals surface area contributed by atoms with Gasteiger partial charge in [-0.25, -0.2) is 0 Å². The van der Waals surface area contributed by atoms with Gasteiger partial charge in [0, 0.05) is 50.0 Å². The second-order valence-corrected chi connectivity index (χ2v) is 8.91. The topological polar surface area (TPSA) is 83.0 Å². The van der Waals surface area contributed by atoms with Crippen LogP contribution in [0.1, 0.15) is 25.5 Å². The zero-order chi connectivity index (χ0) is 21.9. The van der Waals surface area contributed by atoms with E-state index in [4.69, 9.17) is 0 Å². The Balaban J connectivity index is 1.13. The van der Waals surface area contributed by atoms with Gasteiger partial charge in [0.15, 0.2) is 0 Å². The summed E-state index contributed by atoms with van der Waals surface area (Å²) in [5, 5.41) is 15.2. The SMILES string of the molecule is CC(=O)Nc1ccc(-c2ccc(NC3C[C@@H]4CN(Cc5ccccn5)C[C@@H]4C3)nn2)cc1. The third-order valence-electron chi connectivity index (χ3n) is 6.46. The van der Waals surface area contributed by atoms with E-state index < -0.39 is 0 Å². The second kappa shape index (κ2) is 9.04. The maximum absolute atomic E-state index is 11.2. The third kappa shape index (κ3) is 4.78. The highest BCUT2D eigenvalue weighted by Gasteiger charge is 2.40. The van der Waals surface area contributed by atoms with Gasteiger partial charge >= 0.3 is 0 Å². The van der Waals surface area contributed by atoms with E-state index in [0.29, 0.717) is 6.04 Å². The van der Waals surface area contributed by atoms with E-state index in [-0.39, 0.29) is 5.91 Å². The lowest BCUT2D eigenvalue weighted by atomic mass is 10.0. The largest absolute Gasteiger partial charge is 0.366 e. The van der Waals surface area contributed by atoms with E-state index in [2.05, 4.69) is 42.8 Å². The Hall–Kier alpha value is -3.32. The monoisotopic (exact) mass is 428 g/mol. The standard InChI is InChI=1S/C25H28N6O/c1-17(32)27-21-7-5-18(6-8-21)24-9-10-25(30-29-24)28-23-12-19-14-31(15-20(19)13-23)16-22-4-2-3-11-26-22/h2-11,19-20,23H,12-16H2,1H3,(H,27,32)(H,28,30)/t19-,20+,23?. The Morgan fingerprint density at radius 3 is 2.41 bits per heavy atom. The van der Waals surface area contributed by atoms with E-state index in [1.807, 2.05) is 48.7 Å². The molecule has 0 bridgehead atoms. The molecule has 1 saturated carbocycles. The molecule has 2 fully saturated rings. The first kappa shape index (κ1) is 20.6. The lowest BCUT2D eigenvalue weighted by Gasteiger charge is -2.19. The number of fused-ring (bicyclic) bond motifs is 1. The van der Waals surface area contributed by atoms with E-state index in [1.54, 1.807) is 0 Å². The van der Waals surface area contributed by atoms with Gasteiger partial charge in [0.25, 0.3) is 0 Å². The lowest BCUT2D eigenvalue weighted by molar-refractivity contribution is -0.114. The molecule has 3 heterocycles. The molecule has 3 aromatic rings. The summed E-state index contributed by atoms with van der Waals surface area (Å²) >= 11 is 0. The van der Waals surface area contributed by atoms with Gasteiger partial charge in [0.05, 0.1) is 11.4 Å². The summed E-state index contributed by atoms with van der Waals surface area (Å²) in [6, 6.07) is 18.2. The second-order valence-electron chi connectivity index (χ2n) is 8.91. The fourth-order valence-electron chi connectivity index (χ4n) is 5.06. The minimum Gasteiger partial charge on any atom is -0.366 e. The van der Waals surface area contributed by atoms with Gasteiger partial charge in [-0.05, 0) is 61.1 Å². The third-order valence-corrected chi connectivity index (χ3v) is 6.46. The fourth-order valence-corrected chi connectivity index (χ4v) is 5.06. The van der Waals surface area contributed by atoms with Crippen LogP contribution in [0, 0.1) is 11.8 Å². The van der Waals surface area contributed by atoms with Crippen LogP contribution in [-0.2, 0) is 11.3 Å². The minimum atomic E-state index is -0.0788. The quantitative estimate of drug-likeness (QED) is 0.621. The van der Waals surface area contributed by atoms with Crippen LogP contribution >= 0.6 is 0 Å². The van der Waals surface area contributed by atoms with Crippen molar-refractivity contribution in [3.8, 4) is 11.3 Å². The van der Waals surface area contributed by atoms with Crippen LogP contribution in [0.2, 0.25) is 0 Å². The Bertz CT molecular complexity index is 1040. The molecule has 1 aromatic carbocycles. The Morgan fingerprint density at radius 1 is 1.00 bits per heavy atom. The van der Waals surface area contributed by atoms with Crippen LogP contribution in [0.5, 0.6) is 0 Å². The minimum absolute atomic E-state index is 0.0788. The summed E-state index contributed by atoms with van der Waals surface area (Å²) < 4.78 is 0. The highest BCUT2D eigenvalue weighted by Crippen LogP contribution is 2.39. The van der Waals surface area contributed by atoms with Gasteiger partial charge in [-0.3, -0.25) is 14.7 Å². The number of benzene rings is 1. The first-order valence-electron chi connectivity index (χ1n) is 11.2.